The van der Waals surface area contributed by atoms with E-state index in [1.165, 1.54) is 26.5 Å². The molecule has 1 aliphatic heterocycles. The Morgan fingerprint density at radius 2 is 0.884 bits per heavy atom. The van der Waals surface area contributed by atoms with Crippen molar-refractivity contribution in [3.8, 4) is 0 Å². The van der Waals surface area contributed by atoms with Crippen LogP contribution in [0, 0.1) is 0 Å². The third-order valence-corrected chi connectivity index (χ3v) is 11.5. The summed E-state index contributed by atoms with van der Waals surface area (Å²) < 4.78 is 0. The Balaban J connectivity index is 3.47. The van der Waals surface area contributed by atoms with Crippen LogP contribution in [0.5, 0.6) is 0 Å². The van der Waals surface area contributed by atoms with Gasteiger partial charge in [-0.15, -0.1) is 0 Å². The quantitative estimate of drug-likeness (QED) is 0.0290. The number of nitrogens with one attached hydrogen (secondary N) is 2. The van der Waals surface area contributed by atoms with Gasteiger partial charge in [0.2, 0.25) is 11.8 Å². The SMILES string of the molecule is CCCN(CCNC(=O)C(O)C(O)C(O)C(O)CO)C(=O)CC(C(=O)O)N1CCN(C(CC(=O)N(CCC)CCNC(=O)C(O)C(O)C(O)C(O)CO)C(=O)O)CC(C)(N(CC(=O)O)CC(=O)O)C1. The summed E-state index contributed by atoms with van der Waals surface area (Å²) in [5.74, 6) is -10.1. The fraction of sp³-hybridized carbons (Fsp3) is 0.800. The second-order valence-electron chi connectivity index (χ2n) is 16.9. The Labute approximate surface area is 396 Å². The van der Waals surface area contributed by atoms with E-state index in [1.807, 2.05) is 0 Å². The third kappa shape index (κ3) is 19.5. The lowest BCUT2D eigenvalue weighted by molar-refractivity contribution is -0.151. The van der Waals surface area contributed by atoms with Crippen LogP contribution in [0.15, 0.2) is 0 Å². The summed E-state index contributed by atoms with van der Waals surface area (Å²) >= 11 is 0. The zero-order chi connectivity index (χ0) is 52.9. The average Bonchev–Trinajstić information content (AvgIpc) is 3.47. The lowest BCUT2D eigenvalue weighted by Crippen LogP contribution is -2.62. The first-order valence-electron chi connectivity index (χ1n) is 22.1. The number of amides is 4. The Hall–Kier alpha value is -4.76. The van der Waals surface area contributed by atoms with Crippen molar-refractivity contribution >= 4 is 47.5 Å². The van der Waals surface area contributed by atoms with Crippen molar-refractivity contribution in [2.75, 3.05) is 91.8 Å². The summed E-state index contributed by atoms with van der Waals surface area (Å²) in [5.41, 5.74) is -1.71. The molecule has 29 heteroatoms. The van der Waals surface area contributed by atoms with Gasteiger partial charge in [-0.3, -0.25) is 53.1 Å². The Bertz CT molecular complexity index is 1580. The van der Waals surface area contributed by atoms with Crippen LogP contribution in [0.2, 0.25) is 0 Å². The Morgan fingerprint density at radius 3 is 1.16 bits per heavy atom. The summed E-state index contributed by atoms with van der Waals surface area (Å²) in [6.07, 6.45) is -17.8. The number of nitrogens with zero attached hydrogens (tertiary/aromatic N) is 5. The van der Waals surface area contributed by atoms with Gasteiger partial charge >= 0.3 is 23.9 Å². The molecular weight excluding hydrogens is 930 g/mol. The van der Waals surface area contributed by atoms with Crippen LogP contribution in [0.25, 0.3) is 0 Å². The van der Waals surface area contributed by atoms with Crippen LogP contribution in [0.3, 0.4) is 0 Å². The first-order valence-corrected chi connectivity index (χ1v) is 22.1. The molecular formula is C40H71N7O22. The maximum absolute atomic E-state index is 13.8. The Kier molecular flexibility index (Phi) is 27.1. The van der Waals surface area contributed by atoms with E-state index in [1.54, 1.807) is 13.8 Å². The van der Waals surface area contributed by atoms with Crippen LogP contribution in [-0.4, -0.2) is 302 Å². The van der Waals surface area contributed by atoms with E-state index in [4.69, 9.17) is 10.2 Å². The molecule has 1 fully saturated rings. The average molecular weight is 1000 g/mol. The number of rotatable bonds is 33. The number of hydrogen-bond donors (Lipinski definition) is 16. The van der Waals surface area contributed by atoms with E-state index < -0.39 is 166 Å². The van der Waals surface area contributed by atoms with Gasteiger partial charge in [0.15, 0.2) is 12.2 Å². The molecule has 1 saturated heterocycles. The van der Waals surface area contributed by atoms with Gasteiger partial charge in [0.25, 0.3) is 11.8 Å². The van der Waals surface area contributed by atoms with Crippen molar-refractivity contribution in [1.82, 2.24) is 35.1 Å². The molecule has 1 heterocycles. The van der Waals surface area contributed by atoms with E-state index >= 15 is 0 Å². The first-order chi connectivity index (χ1) is 32.2. The minimum absolute atomic E-state index is 0.0194. The van der Waals surface area contributed by atoms with Crippen molar-refractivity contribution in [2.24, 2.45) is 0 Å². The molecule has 0 aromatic carbocycles. The summed E-state index contributed by atoms with van der Waals surface area (Å²) in [7, 11) is 0. The van der Waals surface area contributed by atoms with Crippen LogP contribution < -0.4 is 10.6 Å². The minimum atomic E-state index is -2.28. The summed E-state index contributed by atoms with van der Waals surface area (Å²) in [6.45, 7) is -1.90. The summed E-state index contributed by atoms with van der Waals surface area (Å²) in [5, 5.41) is 142. The number of carbonyl (C=O) groups is 8. The van der Waals surface area contributed by atoms with Gasteiger partial charge in [-0.25, -0.2) is 0 Å². The van der Waals surface area contributed by atoms with Gasteiger partial charge in [-0.2, -0.15) is 0 Å². The highest BCUT2D eigenvalue weighted by atomic mass is 16.4. The molecule has 0 aliphatic carbocycles. The zero-order valence-corrected chi connectivity index (χ0v) is 38.8. The first kappa shape index (κ1) is 62.3. The van der Waals surface area contributed by atoms with Crippen molar-refractivity contribution in [2.45, 2.75) is 113 Å². The Morgan fingerprint density at radius 1 is 0.551 bits per heavy atom. The van der Waals surface area contributed by atoms with E-state index in [2.05, 4.69) is 10.6 Å². The highest BCUT2D eigenvalue weighted by molar-refractivity contribution is 5.86. The number of carboxylic acid groups (broad SMARTS) is 4. The molecule has 10 unspecified atom stereocenters. The smallest absolute Gasteiger partial charge is 0.321 e. The van der Waals surface area contributed by atoms with Crippen LogP contribution in [-0.2, 0) is 38.4 Å². The molecule has 10 atom stereocenters. The minimum Gasteiger partial charge on any atom is -0.480 e. The maximum atomic E-state index is 13.8. The molecule has 0 aromatic rings. The monoisotopic (exact) mass is 1000 g/mol. The van der Waals surface area contributed by atoms with E-state index in [9.17, 15) is 99.6 Å². The van der Waals surface area contributed by atoms with Gasteiger partial charge in [-0.1, -0.05) is 13.8 Å². The molecule has 398 valence electrons. The van der Waals surface area contributed by atoms with Gasteiger partial charge in [0, 0.05) is 71.0 Å². The van der Waals surface area contributed by atoms with Crippen molar-refractivity contribution in [1.29, 1.82) is 0 Å². The number of carbonyl (C=O) groups excluding carboxylic acids is 4. The fourth-order valence-electron chi connectivity index (χ4n) is 7.62. The summed E-state index contributed by atoms with van der Waals surface area (Å²) in [4.78, 5) is 109. The number of aliphatic hydroxyl groups excluding tert-OH is 10. The number of aliphatic carboxylic acids is 4. The molecule has 29 nitrogen and oxygen atoms in total. The van der Waals surface area contributed by atoms with Crippen molar-refractivity contribution in [3.63, 3.8) is 0 Å². The summed E-state index contributed by atoms with van der Waals surface area (Å²) in [6, 6.07) is -3.41. The van der Waals surface area contributed by atoms with Gasteiger partial charge in [0.05, 0.1) is 39.1 Å². The second-order valence-corrected chi connectivity index (χ2v) is 16.9. The van der Waals surface area contributed by atoms with Gasteiger partial charge < -0.3 is 91.9 Å². The highest BCUT2D eigenvalue weighted by Crippen LogP contribution is 2.27. The van der Waals surface area contributed by atoms with E-state index in [-0.39, 0.29) is 52.4 Å². The van der Waals surface area contributed by atoms with Gasteiger partial charge in [-0.05, 0) is 19.8 Å². The van der Waals surface area contributed by atoms with Crippen LogP contribution >= 0.6 is 0 Å². The predicted molar refractivity (Wildman–Crippen MR) is 232 cm³/mol. The lowest BCUT2D eigenvalue weighted by atomic mass is 9.95. The molecule has 0 saturated carbocycles. The normalized spacial score (nSPS) is 20.1. The molecule has 0 spiro atoms. The topological polar surface area (TPSA) is 460 Å². The molecule has 69 heavy (non-hydrogen) atoms. The molecule has 1 aliphatic rings. The molecule has 0 bridgehead atoms. The maximum Gasteiger partial charge on any atom is 0.321 e. The molecule has 4 amide bonds. The van der Waals surface area contributed by atoms with E-state index in [0.29, 0.717) is 12.8 Å². The van der Waals surface area contributed by atoms with Crippen LogP contribution in [0.4, 0.5) is 0 Å². The number of hydrogen-bond acceptors (Lipinski definition) is 21. The highest BCUT2D eigenvalue weighted by Gasteiger charge is 2.46. The van der Waals surface area contributed by atoms with E-state index in [0.717, 1.165) is 4.90 Å². The predicted octanol–water partition coefficient (Wildman–Crippen LogP) is -8.90. The van der Waals surface area contributed by atoms with Crippen LogP contribution in [0.1, 0.15) is 46.5 Å². The second kappa shape index (κ2) is 30.1. The fourth-order valence-corrected chi connectivity index (χ4v) is 7.62. The van der Waals surface area contributed by atoms with Gasteiger partial charge in [0.1, 0.15) is 48.7 Å². The molecule has 16 N–H and O–H groups in total. The third-order valence-electron chi connectivity index (χ3n) is 11.5. The number of carboxylic acids is 4. The lowest BCUT2D eigenvalue weighted by Gasteiger charge is -2.44. The molecule has 1 rings (SSSR count). The molecule has 0 aromatic heterocycles. The molecule has 0 radical (unpaired) electrons. The van der Waals surface area contributed by atoms with Crippen molar-refractivity contribution in [3.05, 3.63) is 0 Å². The number of aliphatic hydroxyl groups is 10. The zero-order valence-electron chi connectivity index (χ0n) is 38.8. The standard InChI is InChI=1S/C40H71N7O22/c1-4-8-43(10-6-41-36(64)34(62)32(60)30(58)24(50)18-48)26(52)14-22(38(66)67)45-12-13-46(21-40(3,20-45)47(16-28(54)55)17-29(56)57)23(39(68)69)15-27(53)44(9-5-2)11-7-42-37(65)35(63)33(61)31(59)25(51)19-49/h22-25,30-35,48-51,58-63H,4-21H2,1-3H3,(H,41,64)(H,42,65)(H,54,55)(H,56,57)(H,66,67)(H,68,69). The van der Waals surface area contributed by atoms with Crippen molar-refractivity contribution < 1.29 is 110 Å². The largest absolute Gasteiger partial charge is 0.480 e.